The maximum absolute atomic E-state index is 5.70. The molecule has 0 N–H and O–H groups in total. The van der Waals surface area contributed by atoms with Crippen molar-refractivity contribution in [2.24, 2.45) is 0 Å². The summed E-state index contributed by atoms with van der Waals surface area (Å²) >= 11 is 5.70. The lowest BCUT2D eigenvalue weighted by Gasteiger charge is -2.18. The van der Waals surface area contributed by atoms with E-state index in [-0.39, 0.29) is 0 Å². The highest BCUT2D eigenvalue weighted by Crippen LogP contribution is 2.17. The number of benzene rings is 1. The largest absolute Gasteiger partial charge is 0.306 e. The van der Waals surface area contributed by atoms with Crippen LogP contribution in [0.15, 0.2) is 12.1 Å². The van der Waals surface area contributed by atoms with Gasteiger partial charge in [0.25, 0.3) is 0 Å². The molecule has 1 nitrogen and oxygen atoms in total. The third-order valence-corrected chi connectivity index (χ3v) is 3.52. The van der Waals surface area contributed by atoms with E-state index >= 15 is 0 Å². The minimum absolute atomic E-state index is 0.757. The molecule has 0 amide bonds. The zero-order valence-corrected chi connectivity index (χ0v) is 12.3. The number of hydrogen-bond donors (Lipinski definition) is 0. The molecule has 0 unspecified atom stereocenters. The van der Waals surface area contributed by atoms with E-state index in [1.165, 1.54) is 22.3 Å². The van der Waals surface area contributed by atoms with Crippen LogP contribution in [0.4, 0.5) is 0 Å². The number of rotatable bonds is 6. The summed E-state index contributed by atoms with van der Waals surface area (Å²) in [6.45, 7) is 8.80. The quantitative estimate of drug-likeness (QED) is 0.699. The van der Waals surface area contributed by atoms with Crippen LogP contribution in [0.25, 0.3) is 0 Å². The molecular weight excluding hydrogens is 230 g/mol. The van der Waals surface area contributed by atoms with Gasteiger partial charge in [-0.2, -0.15) is 0 Å². The fourth-order valence-corrected chi connectivity index (χ4v) is 2.47. The molecule has 0 saturated heterocycles. The fourth-order valence-electron chi connectivity index (χ4n) is 2.35. The molecule has 0 aliphatic heterocycles. The van der Waals surface area contributed by atoms with Crippen molar-refractivity contribution < 1.29 is 0 Å². The number of halogens is 1. The van der Waals surface area contributed by atoms with E-state index < -0.39 is 0 Å². The smallest absolute Gasteiger partial charge is 0.0235 e. The van der Waals surface area contributed by atoms with Gasteiger partial charge < -0.3 is 4.90 Å². The second kappa shape index (κ2) is 7.03. The standard InChI is InChI=1S/C15H24ClN/c1-12-10-13(2)15(14(3)11-12)6-9-17(4)8-5-7-16/h10-11H,5-9H2,1-4H3. The number of hydrogen-bond acceptors (Lipinski definition) is 1. The molecule has 0 radical (unpaired) electrons. The van der Waals surface area contributed by atoms with Gasteiger partial charge in [0.2, 0.25) is 0 Å². The van der Waals surface area contributed by atoms with Crippen LogP contribution in [0.3, 0.4) is 0 Å². The molecule has 17 heavy (non-hydrogen) atoms. The molecule has 0 spiro atoms. The van der Waals surface area contributed by atoms with Crippen molar-refractivity contribution in [3.05, 3.63) is 34.4 Å². The predicted molar refractivity (Wildman–Crippen MR) is 77.2 cm³/mol. The van der Waals surface area contributed by atoms with Gasteiger partial charge in [-0.25, -0.2) is 0 Å². The summed E-state index contributed by atoms with van der Waals surface area (Å²) in [6.07, 6.45) is 2.21. The maximum Gasteiger partial charge on any atom is 0.0235 e. The summed E-state index contributed by atoms with van der Waals surface area (Å²) in [5.74, 6) is 0.757. The monoisotopic (exact) mass is 253 g/mol. The first-order chi connectivity index (χ1) is 8.04. The third-order valence-electron chi connectivity index (χ3n) is 3.26. The van der Waals surface area contributed by atoms with Crippen LogP contribution in [0.1, 0.15) is 28.7 Å². The minimum Gasteiger partial charge on any atom is -0.306 e. The van der Waals surface area contributed by atoms with Gasteiger partial charge in [-0.1, -0.05) is 17.7 Å². The summed E-state index contributed by atoms with van der Waals surface area (Å²) in [5, 5.41) is 0. The summed E-state index contributed by atoms with van der Waals surface area (Å²) in [5.41, 5.74) is 5.72. The molecule has 1 aromatic carbocycles. The van der Waals surface area contributed by atoms with Crippen LogP contribution in [0.5, 0.6) is 0 Å². The molecule has 0 saturated carbocycles. The normalized spacial score (nSPS) is 11.2. The Hall–Kier alpha value is -0.530. The van der Waals surface area contributed by atoms with Crippen LogP contribution in [-0.4, -0.2) is 30.9 Å². The Balaban J connectivity index is 2.57. The Morgan fingerprint density at radius 1 is 1.06 bits per heavy atom. The van der Waals surface area contributed by atoms with Crippen molar-refractivity contribution in [3.8, 4) is 0 Å². The van der Waals surface area contributed by atoms with Crippen LogP contribution in [0.2, 0.25) is 0 Å². The number of alkyl halides is 1. The zero-order chi connectivity index (χ0) is 12.8. The number of aryl methyl sites for hydroxylation is 3. The minimum atomic E-state index is 0.757. The van der Waals surface area contributed by atoms with Crippen LogP contribution < -0.4 is 0 Å². The Kier molecular flexibility index (Phi) is 6.01. The second-order valence-corrected chi connectivity index (χ2v) is 5.35. The van der Waals surface area contributed by atoms with Gasteiger partial charge in [-0.15, -0.1) is 11.6 Å². The Bertz CT molecular complexity index is 337. The van der Waals surface area contributed by atoms with Gasteiger partial charge in [0, 0.05) is 12.4 Å². The lowest BCUT2D eigenvalue weighted by molar-refractivity contribution is 0.339. The van der Waals surface area contributed by atoms with Gasteiger partial charge in [0.05, 0.1) is 0 Å². The van der Waals surface area contributed by atoms with E-state index in [1.54, 1.807) is 0 Å². The van der Waals surface area contributed by atoms with Gasteiger partial charge in [-0.3, -0.25) is 0 Å². The second-order valence-electron chi connectivity index (χ2n) is 4.97. The highest BCUT2D eigenvalue weighted by Gasteiger charge is 2.05. The van der Waals surface area contributed by atoms with Gasteiger partial charge in [0.15, 0.2) is 0 Å². The average molecular weight is 254 g/mol. The lowest BCUT2D eigenvalue weighted by Crippen LogP contribution is -2.23. The third kappa shape index (κ3) is 4.69. The Morgan fingerprint density at radius 2 is 1.65 bits per heavy atom. The summed E-state index contributed by atoms with van der Waals surface area (Å²) in [6, 6.07) is 4.56. The molecule has 0 aliphatic rings. The first kappa shape index (κ1) is 14.5. The van der Waals surface area contributed by atoms with E-state index in [9.17, 15) is 0 Å². The Morgan fingerprint density at radius 3 is 2.18 bits per heavy atom. The number of likely N-dealkylation sites (N-methyl/N-ethyl adjacent to an activating group) is 1. The highest BCUT2D eigenvalue weighted by molar-refractivity contribution is 6.17. The fraction of sp³-hybridized carbons (Fsp3) is 0.600. The number of nitrogens with zero attached hydrogens (tertiary/aromatic N) is 1. The molecule has 0 heterocycles. The van der Waals surface area contributed by atoms with Crippen LogP contribution in [0, 0.1) is 20.8 Å². The van der Waals surface area contributed by atoms with Crippen LogP contribution >= 0.6 is 11.6 Å². The molecule has 1 rings (SSSR count). The van der Waals surface area contributed by atoms with Gasteiger partial charge in [0.1, 0.15) is 0 Å². The van der Waals surface area contributed by atoms with E-state index in [0.717, 1.165) is 31.8 Å². The van der Waals surface area contributed by atoms with Crippen LogP contribution in [-0.2, 0) is 6.42 Å². The van der Waals surface area contributed by atoms with E-state index in [0.29, 0.717) is 0 Å². The molecule has 1 aromatic rings. The summed E-state index contributed by atoms with van der Waals surface area (Å²) in [7, 11) is 2.17. The Labute approximate surface area is 111 Å². The van der Waals surface area contributed by atoms with Crippen molar-refractivity contribution in [2.45, 2.75) is 33.6 Å². The maximum atomic E-state index is 5.70. The van der Waals surface area contributed by atoms with E-state index in [4.69, 9.17) is 11.6 Å². The molecular formula is C15H24ClN. The van der Waals surface area contributed by atoms with Gasteiger partial charge in [-0.05, 0) is 63.9 Å². The topological polar surface area (TPSA) is 3.24 Å². The molecule has 0 aromatic heterocycles. The molecule has 2 heteroatoms. The first-order valence-electron chi connectivity index (χ1n) is 6.36. The molecule has 0 aliphatic carbocycles. The van der Waals surface area contributed by atoms with Gasteiger partial charge >= 0.3 is 0 Å². The van der Waals surface area contributed by atoms with Crippen molar-refractivity contribution >= 4 is 11.6 Å². The van der Waals surface area contributed by atoms with Crippen molar-refractivity contribution in [1.29, 1.82) is 0 Å². The van der Waals surface area contributed by atoms with Crippen molar-refractivity contribution in [2.75, 3.05) is 26.0 Å². The molecule has 0 atom stereocenters. The van der Waals surface area contributed by atoms with Crippen molar-refractivity contribution in [1.82, 2.24) is 4.90 Å². The van der Waals surface area contributed by atoms with E-state index in [1.807, 2.05) is 0 Å². The average Bonchev–Trinajstić information content (AvgIpc) is 2.24. The highest BCUT2D eigenvalue weighted by atomic mass is 35.5. The van der Waals surface area contributed by atoms with E-state index in [2.05, 4.69) is 44.9 Å². The lowest BCUT2D eigenvalue weighted by atomic mass is 9.97. The SMILES string of the molecule is Cc1cc(C)c(CCN(C)CCCCl)c(C)c1. The first-order valence-corrected chi connectivity index (χ1v) is 6.89. The van der Waals surface area contributed by atoms with Crippen molar-refractivity contribution in [3.63, 3.8) is 0 Å². The summed E-state index contributed by atoms with van der Waals surface area (Å²) < 4.78 is 0. The summed E-state index contributed by atoms with van der Waals surface area (Å²) in [4.78, 5) is 2.36. The molecule has 96 valence electrons. The molecule has 0 fully saturated rings. The predicted octanol–water partition coefficient (Wildman–Crippen LogP) is 3.72. The molecule has 0 bridgehead atoms. The zero-order valence-electron chi connectivity index (χ0n) is 11.5.